The van der Waals surface area contributed by atoms with Crippen LogP contribution in [0.25, 0.3) is 6.08 Å². The number of carbonyl (C=O) groups excluding carboxylic acids is 5. The number of phenolic OH excluding ortho intramolecular Hbond substituents is 1. The van der Waals surface area contributed by atoms with Gasteiger partial charge in [-0.1, -0.05) is 41.5 Å². The molecule has 0 bridgehead atoms. The molecule has 10 nitrogen and oxygen atoms in total. The number of aromatic hydroxyl groups is 1. The van der Waals surface area contributed by atoms with Crippen LogP contribution in [0.3, 0.4) is 0 Å². The zero-order chi connectivity index (χ0) is 31.0. The molecule has 6 amide bonds. The minimum atomic E-state index is -1.32. The molecule has 2 heterocycles. The van der Waals surface area contributed by atoms with Crippen molar-refractivity contribution in [1.82, 2.24) is 4.90 Å². The van der Waals surface area contributed by atoms with Crippen molar-refractivity contribution in [3.05, 3.63) is 70.5 Å². The highest BCUT2D eigenvalue weighted by molar-refractivity contribution is 6.31. The largest absolute Gasteiger partial charge is 0.504 e. The summed E-state index contributed by atoms with van der Waals surface area (Å²) in [6, 6.07) is 7.16. The number of fused-ring (bicyclic) bond motifs is 4. The van der Waals surface area contributed by atoms with E-state index in [0.717, 1.165) is 11.0 Å². The Morgan fingerprint density at radius 2 is 1.86 bits per heavy atom. The number of amides is 6. The van der Waals surface area contributed by atoms with E-state index in [1.165, 1.54) is 25.3 Å². The van der Waals surface area contributed by atoms with Crippen LogP contribution in [0.5, 0.6) is 11.5 Å². The lowest BCUT2D eigenvalue weighted by Gasteiger charge is -2.47. The van der Waals surface area contributed by atoms with Crippen LogP contribution in [0.2, 0.25) is 5.02 Å². The average Bonchev–Trinajstić information content (AvgIpc) is 3.34. The van der Waals surface area contributed by atoms with Gasteiger partial charge in [0.2, 0.25) is 23.6 Å². The predicted molar refractivity (Wildman–Crippen MR) is 152 cm³/mol. The number of nitrogens with two attached hydrogens (primary N) is 1. The Bertz CT molecular complexity index is 1690. The molecule has 43 heavy (non-hydrogen) atoms. The Hall–Kier alpha value is -4.51. The lowest BCUT2D eigenvalue weighted by atomic mass is 9.52. The number of rotatable bonds is 4. The minimum absolute atomic E-state index is 0.0565. The van der Waals surface area contributed by atoms with E-state index >= 15 is 0 Å². The number of allylic oxidation sites excluding steroid dienone is 3. The first-order valence-corrected chi connectivity index (χ1v) is 14.0. The number of carbonyl (C=O) groups is 5. The highest BCUT2D eigenvalue weighted by atomic mass is 35.5. The molecule has 2 aromatic rings. The molecular weight excluding hydrogens is 581 g/mol. The van der Waals surface area contributed by atoms with E-state index in [-0.39, 0.29) is 35.1 Å². The van der Waals surface area contributed by atoms with Gasteiger partial charge in [0.1, 0.15) is 5.82 Å². The van der Waals surface area contributed by atoms with Gasteiger partial charge in [-0.2, -0.15) is 4.90 Å². The zero-order valence-corrected chi connectivity index (χ0v) is 23.9. The molecule has 0 aromatic heterocycles. The number of likely N-dealkylation sites (tertiary alicyclic amines) is 1. The van der Waals surface area contributed by atoms with Gasteiger partial charge in [-0.15, -0.1) is 0 Å². The number of hydrogen-bond acceptors (Lipinski definition) is 7. The topological polar surface area (TPSA) is 147 Å². The minimum Gasteiger partial charge on any atom is -0.504 e. The molecular formula is C31H27ClFN3O7. The monoisotopic (exact) mass is 607 g/mol. The quantitative estimate of drug-likeness (QED) is 0.394. The first-order chi connectivity index (χ1) is 20.4. The van der Waals surface area contributed by atoms with Crippen molar-refractivity contribution >= 4 is 53.0 Å². The van der Waals surface area contributed by atoms with Gasteiger partial charge in [-0.05, 0) is 61.6 Å². The summed E-state index contributed by atoms with van der Waals surface area (Å²) in [5.74, 6) is -6.97. The maximum Gasteiger partial charge on any atom is 0.328 e. The molecule has 2 aliphatic heterocycles. The third-order valence-electron chi connectivity index (χ3n) is 9.41. The third-order valence-corrected chi connectivity index (χ3v) is 9.70. The Balaban J connectivity index is 1.48. The van der Waals surface area contributed by atoms with E-state index in [4.69, 9.17) is 22.1 Å². The van der Waals surface area contributed by atoms with E-state index < -0.39 is 70.5 Å². The Kier molecular flexibility index (Phi) is 6.68. The fourth-order valence-corrected chi connectivity index (χ4v) is 7.49. The Morgan fingerprint density at radius 1 is 1.12 bits per heavy atom. The molecule has 3 fully saturated rings. The first kappa shape index (κ1) is 28.6. The average molecular weight is 608 g/mol. The number of ether oxygens (including phenoxy) is 1. The molecule has 4 aliphatic rings. The van der Waals surface area contributed by atoms with Crippen molar-refractivity contribution in [2.75, 3.05) is 12.0 Å². The van der Waals surface area contributed by atoms with Gasteiger partial charge in [-0.3, -0.25) is 19.2 Å². The van der Waals surface area contributed by atoms with Crippen molar-refractivity contribution in [1.29, 1.82) is 0 Å². The number of imide groups is 4. The van der Waals surface area contributed by atoms with Crippen LogP contribution in [0.1, 0.15) is 25.3 Å². The maximum absolute atomic E-state index is 14.3. The second-order valence-corrected chi connectivity index (χ2v) is 11.9. The molecule has 2 saturated heterocycles. The fourth-order valence-electron chi connectivity index (χ4n) is 7.31. The highest BCUT2D eigenvalue weighted by Crippen LogP contribution is 2.61. The van der Waals surface area contributed by atoms with Gasteiger partial charge in [0, 0.05) is 5.92 Å². The summed E-state index contributed by atoms with van der Waals surface area (Å²) in [4.78, 5) is 68.2. The molecule has 6 atom stereocenters. The van der Waals surface area contributed by atoms with E-state index in [1.807, 2.05) is 6.08 Å². The fraction of sp³-hybridized carbons (Fsp3) is 0.323. The summed E-state index contributed by atoms with van der Waals surface area (Å²) >= 11 is 6.00. The first-order valence-electron chi connectivity index (χ1n) is 13.7. The predicted octanol–water partition coefficient (Wildman–Crippen LogP) is 4.05. The summed E-state index contributed by atoms with van der Waals surface area (Å²) in [6.07, 6.45) is 5.56. The van der Waals surface area contributed by atoms with E-state index in [1.54, 1.807) is 31.2 Å². The number of nitrogens with zero attached hydrogens (tertiary/aromatic N) is 2. The van der Waals surface area contributed by atoms with Crippen LogP contribution >= 0.6 is 11.6 Å². The number of anilines is 1. The van der Waals surface area contributed by atoms with Crippen LogP contribution in [0, 0.1) is 40.8 Å². The van der Waals surface area contributed by atoms with Gasteiger partial charge in [0.25, 0.3) is 0 Å². The summed E-state index contributed by atoms with van der Waals surface area (Å²) in [5.41, 5.74) is 5.51. The SMILES string of the molecule is COc1cc(C=C[C@H]2C3=CC[C@@H]4C(=O)N(C(N)=O)C(=O)[C@@H]4[C@@H]3C[C@H]3C(=O)N(c4ccc(F)c(Cl)c4)C(=O)[C@@]23C)ccc1O. The van der Waals surface area contributed by atoms with Crippen LogP contribution in [-0.2, 0) is 19.2 Å². The second kappa shape index (κ2) is 10.0. The normalized spacial score (nSPS) is 30.0. The molecule has 0 radical (unpaired) electrons. The number of halogens is 2. The maximum atomic E-state index is 14.3. The molecule has 3 N–H and O–H groups in total. The van der Waals surface area contributed by atoms with Crippen LogP contribution in [0.4, 0.5) is 14.9 Å². The van der Waals surface area contributed by atoms with Crippen molar-refractivity contribution in [3.63, 3.8) is 0 Å². The Labute approximate surface area is 250 Å². The van der Waals surface area contributed by atoms with Crippen molar-refractivity contribution in [2.45, 2.75) is 19.8 Å². The van der Waals surface area contributed by atoms with Crippen molar-refractivity contribution in [3.8, 4) is 11.5 Å². The number of benzene rings is 2. The van der Waals surface area contributed by atoms with Crippen LogP contribution < -0.4 is 15.4 Å². The summed E-state index contributed by atoms with van der Waals surface area (Å²) in [6.45, 7) is 1.69. The lowest BCUT2D eigenvalue weighted by molar-refractivity contribution is -0.136. The number of methoxy groups -OCH3 is 1. The van der Waals surface area contributed by atoms with Crippen molar-refractivity contribution < 1.29 is 38.2 Å². The molecule has 6 rings (SSSR count). The number of urea groups is 1. The second-order valence-electron chi connectivity index (χ2n) is 11.4. The standard InChI is InChI=1S/C31H27ClFN3O7/c1-31-19(8-3-14-4-10-23(37)24(11-14)43-2)16-6-7-17-25(28(40)36(26(17)38)30(34)42)18(16)13-20(31)27(39)35(29(31)41)15-5-9-22(33)21(32)12-15/h3-6,8-12,17-20,25,37H,7,13H2,1-2H3,(H2,34,42)/t17-,18+,19-,20-,25-,31-/m0/s1. The lowest BCUT2D eigenvalue weighted by Crippen LogP contribution is -2.49. The molecule has 2 aromatic carbocycles. The molecule has 0 unspecified atom stereocenters. The van der Waals surface area contributed by atoms with Crippen LogP contribution in [0.15, 0.2) is 54.1 Å². The number of hydrogen-bond donors (Lipinski definition) is 2. The van der Waals surface area contributed by atoms with Gasteiger partial charge >= 0.3 is 6.03 Å². The third kappa shape index (κ3) is 4.09. The molecule has 222 valence electrons. The zero-order valence-electron chi connectivity index (χ0n) is 23.1. The summed E-state index contributed by atoms with van der Waals surface area (Å²) in [5, 5.41) is 9.77. The molecule has 1 saturated carbocycles. The van der Waals surface area contributed by atoms with Gasteiger partial charge in [0.05, 0.1) is 41.0 Å². The highest BCUT2D eigenvalue weighted by Gasteiger charge is 2.67. The van der Waals surface area contributed by atoms with E-state index in [2.05, 4.69) is 0 Å². The smallest absolute Gasteiger partial charge is 0.328 e. The van der Waals surface area contributed by atoms with Crippen molar-refractivity contribution in [2.24, 2.45) is 40.7 Å². The molecule has 12 heteroatoms. The summed E-state index contributed by atoms with van der Waals surface area (Å²) in [7, 11) is 1.41. The summed E-state index contributed by atoms with van der Waals surface area (Å²) < 4.78 is 19.2. The Morgan fingerprint density at radius 3 is 2.53 bits per heavy atom. The van der Waals surface area contributed by atoms with Crippen LogP contribution in [-0.4, -0.2) is 46.8 Å². The number of phenols is 1. The number of primary amides is 1. The van der Waals surface area contributed by atoms with Gasteiger partial charge < -0.3 is 15.6 Å². The van der Waals surface area contributed by atoms with E-state index in [0.29, 0.717) is 16.0 Å². The van der Waals surface area contributed by atoms with Gasteiger partial charge in [0.15, 0.2) is 11.5 Å². The van der Waals surface area contributed by atoms with E-state index in [9.17, 15) is 33.5 Å². The molecule has 2 aliphatic carbocycles. The molecule has 0 spiro atoms. The van der Waals surface area contributed by atoms with Gasteiger partial charge in [-0.25, -0.2) is 14.1 Å².